The number of morpholine rings is 1. The molecule has 0 radical (unpaired) electrons. The molecule has 1 saturated heterocycles. The first kappa shape index (κ1) is 17.5. The number of carbonyl (C=O) groups excluding carboxylic acids is 1. The SMILES string of the molecule is Cc1noc(C)c1COc1ccc(C(=O)N2C[C@H](C)O[C@@H](C)C2)cc1. The van der Waals surface area contributed by atoms with E-state index in [2.05, 4.69) is 5.16 Å². The molecule has 0 saturated carbocycles. The van der Waals surface area contributed by atoms with Crippen LogP contribution in [0.3, 0.4) is 0 Å². The summed E-state index contributed by atoms with van der Waals surface area (Å²) in [6, 6.07) is 7.24. The molecule has 1 fully saturated rings. The fraction of sp³-hybridized carbons (Fsp3) is 0.474. The van der Waals surface area contributed by atoms with Crippen LogP contribution in [0.25, 0.3) is 0 Å². The van der Waals surface area contributed by atoms with Crippen molar-refractivity contribution < 1.29 is 18.8 Å². The predicted molar refractivity (Wildman–Crippen MR) is 92.7 cm³/mol. The van der Waals surface area contributed by atoms with Gasteiger partial charge in [0.1, 0.15) is 18.1 Å². The molecule has 2 atom stereocenters. The average molecular weight is 344 g/mol. The highest BCUT2D eigenvalue weighted by Crippen LogP contribution is 2.20. The molecular formula is C19H24N2O4. The second-order valence-corrected chi connectivity index (χ2v) is 6.58. The van der Waals surface area contributed by atoms with E-state index in [1.807, 2.05) is 44.7 Å². The van der Waals surface area contributed by atoms with Gasteiger partial charge in [-0.25, -0.2) is 0 Å². The summed E-state index contributed by atoms with van der Waals surface area (Å²) in [5, 5.41) is 3.91. The summed E-state index contributed by atoms with van der Waals surface area (Å²) in [5.41, 5.74) is 2.45. The topological polar surface area (TPSA) is 64.8 Å². The van der Waals surface area contributed by atoms with Crippen molar-refractivity contribution in [1.29, 1.82) is 0 Å². The number of ether oxygens (including phenoxy) is 2. The molecule has 25 heavy (non-hydrogen) atoms. The van der Waals surface area contributed by atoms with Gasteiger partial charge < -0.3 is 18.9 Å². The molecule has 0 aliphatic carbocycles. The smallest absolute Gasteiger partial charge is 0.254 e. The van der Waals surface area contributed by atoms with E-state index in [0.717, 1.165) is 17.0 Å². The Kier molecular flexibility index (Phi) is 5.08. The van der Waals surface area contributed by atoms with E-state index >= 15 is 0 Å². The first-order valence-electron chi connectivity index (χ1n) is 8.53. The molecule has 0 spiro atoms. The maximum Gasteiger partial charge on any atom is 0.254 e. The van der Waals surface area contributed by atoms with E-state index in [9.17, 15) is 4.79 Å². The van der Waals surface area contributed by atoms with Gasteiger partial charge in [0.2, 0.25) is 0 Å². The minimum atomic E-state index is 0.0271. The molecule has 134 valence electrons. The molecule has 1 aromatic heterocycles. The van der Waals surface area contributed by atoms with Gasteiger partial charge in [0.15, 0.2) is 0 Å². The third kappa shape index (κ3) is 4.02. The predicted octanol–water partition coefficient (Wildman–Crippen LogP) is 3.12. The molecule has 1 amide bonds. The summed E-state index contributed by atoms with van der Waals surface area (Å²) < 4.78 is 16.6. The minimum absolute atomic E-state index is 0.0271. The largest absolute Gasteiger partial charge is 0.489 e. The zero-order valence-electron chi connectivity index (χ0n) is 15.1. The van der Waals surface area contributed by atoms with Gasteiger partial charge in [-0.3, -0.25) is 4.79 Å². The number of aryl methyl sites for hydroxylation is 2. The van der Waals surface area contributed by atoms with Crippen LogP contribution in [0.15, 0.2) is 28.8 Å². The maximum atomic E-state index is 12.6. The van der Waals surface area contributed by atoms with Crippen LogP contribution < -0.4 is 4.74 Å². The van der Waals surface area contributed by atoms with Crippen molar-refractivity contribution in [3.63, 3.8) is 0 Å². The third-order valence-corrected chi connectivity index (χ3v) is 4.37. The Labute approximate surface area is 147 Å². The molecule has 0 bridgehead atoms. The molecule has 2 aromatic rings. The number of hydrogen-bond acceptors (Lipinski definition) is 5. The van der Waals surface area contributed by atoms with Gasteiger partial charge in [-0.15, -0.1) is 0 Å². The highest BCUT2D eigenvalue weighted by atomic mass is 16.5. The van der Waals surface area contributed by atoms with Crippen LogP contribution in [0.2, 0.25) is 0 Å². The maximum absolute atomic E-state index is 12.6. The van der Waals surface area contributed by atoms with Gasteiger partial charge in [-0.05, 0) is 52.0 Å². The zero-order valence-corrected chi connectivity index (χ0v) is 15.1. The Morgan fingerprint density at radius 3 is 2.40 bits per heavy atom. The lowest BCUT2D eigenvalue weighted by atomic mass is 10.1. The van der Waals surface area contributed by atoms with Gasteiger partial charge in [0.05, 0.1) is 23.5 Å². The van der Waals surface area contributed by atoms with E-state index in [-0.39, 0.29) is 18.1 Å². The van der Waals surface area contributed by atoms with Crippen LogP contribution >= 0.6 is 0 Å². The van der Waals surface area contributed by atoms with Crippen molar-refractivity contribution in [3.05, 3.63) is 46.8 Å². The number of hydrogen-bond donors (Lipinski definition) is 0. The highest BCUT2D eigenvalue weighted by molar-refractivity contribution is 5.94. The number of carbonyl (C=O) groups is 1. The lowest BCUT2D eigenvalue weighted by molar-refractivity contribution is -0.0586. The summed E-state index contributed by atoms with van der Waals surface area (Å²) in [7, 11) is 0. The Balaban J connectivity index is 1.63. The summed E-state index contributed by atoms with van der Waals surface area (Å²) in [4.78, 5) is 14.5. The van der Waals surface area contributed by atoms with Crippen LogP contribution in [0.5, 0.6) is 5.75 Å². The van der Waals surface area contributed by atoms with Crippen molar-refractivity contribution >= 4 is 5.91 Å². The Bertz CT molecular complexity index is 709. The summed E-state index contributed by atoms with van der Waals surface area (Å²) in [6.45, 7) is 9.36. The number of aromatic nitrogens is 1. The molecule has 1 aliphatic rings. The summed E-state index contributed by atoms with van der Waals surface area (Å²) in [6.07, 6.45) is 0.121. The van der Waals surface area contributed by atoms with Gasteiger partial charge in [-0.1, -0.05) is 5.16 Å². The van der Waals surface area contributed by atoms with Crippen LogP contribution in [0.1, 0.15) is 41.2 Å². The first-order valence-corrected chi connectivity index (χ1v) is 8.53. The van der Waals surface area contributed by atoms with Crippen molar-refractivity contribution in [1.82, 2.24) is 10.1 Å². The van der Waals surface area contributed by atoms with Gasteiger partial charge >= 0.3 is 0 Å². The van der Waals surface area contributed by atoms with Gasteiger partial charge in [0, 0.05) is 18.7 Å². The zero-order chi connectivity index (χ0) is 18.0. The van der Waals surface area contributed by atoms with Gasteiger partial charge in [-0.2, -0.15) is 0 Å². The molecule has 0 N–H and O–H groups in total. The lowest BCUT2D eigenvalue weighted by Crippen LogP contribution is -2.48. The van der Waals surface area contributed by atoms with E-state index in [1.54, 1.807) is 12.1 Å². The van der Waals surface area contributed by atoms with Gasteiger partial charge in [0.25, 0.3) is 5.91 Å². The standard InChI is InChI=1S/C19H24N2O4/c1-12-9-21(10-13(2)24-12)19(22)16-5-7-17(8-6-16)23-11-18-14(3)20-25-15(18)4/h5-8,12-13H,9-11H2,1-4H3/t12-,13-/m0/s1. The van der Waals surface area contributed by atoms with Crippen LogP contribution in [-0.4, -0.2) is 41.3 Å². The summed E-state index contributed by atoms with van der Waals surface area (Å²) >= 11 is 0. The Morgan fingerprint density at radius 1 is 1.20 bits per heavy atom. The second kappa shape index (κ2) is 7.27. The minimum Gasteiger partial charge on any atom is -0.489 e. The highest BCUT2D eigenvalue weighted by Gasteiger charge is 2.26. The number of benzene rings is 1. The van der Waals surface area contributed by atoms with Crippen LogP contribution in [0.4, 0.5) is 0 Å². The Hall–Kier alpha value is -2.34. The molecule has 1 aliphatic heterocycles. The molecular weight excluding hydrogens is 320 g/mol. The lowest BCUT2D eigenvalue weighted by Gasteiger charge is -2.35. The number of amides is 1. The molecule has 2 heterocycles. The molecule has 6 nitrogen and oxygen atoms in total. The number of nitrogens with zero attached hydrogens (tertiary/aromatic N) is 2. The summed E-state index contributed by atoms with van der Waals surface area (Å²) in [5.74, 6) is 1.50. The van der Waals surface area contributed by atoms with E-state index in [4.69, 9.17) is 14.0 Å². The van der Waals surface area contributed by atoms with Crippen LogP contribution in [-0.2, 0) is 11.3 Å². The molecule has 3 rings (SSSR count). The molecule has 1 aromatic carbocycles. The van der Waals surface area contributed by atoms with Crippen LogP contribution in [0, 0.1) is 13.8 Å². The molecule has 0 unspecified atom stereocenters. The Morgan fingerprint density at radius 2 is 1.84 bits per heavy atom. The van der Waals surface area contributed by atoms with Crippen molar-refractivity contribution in [3.8, 4) is 5.75 Å². The second-order valence-electron chi connectivity index (χ2n) is 6.58. The normalized spacial score (nSPS) is 20.6. The first-order chi connectivity index (χ1) is 11.9. The number of rotatable bonds is 4. The van der Waals surface area contributed by atoms with Crippen molar-refractivity contribution in [2.75, 3.05) is 13.1 Å². The van der Waals surface area contributed by atoms with Crippen molar-refractivity contribution in [2.24, 2.45) is 0 Å². The fourth-order valence-corrected chi connectivity index (χ4v) is 3.08. The van der Waals surface area contributed by atoms with E-state index in [0.29, 0.717) is 31.0 Å². The quantitative estimate of drug-likeness (QED) is 0.853. The average Bonchev–Trinajstić information content (AvgIpc) is 2.90. The van der Waals surface area contributed by atoms with E-state index < -0.39 is 0 Å². The third-order valence-electron chi connectivity index (χ3n) is 4.37. The monoisotopic (exact) mass is 344 g/mol. The molecule has 6 heteroatoms. The van der Waals surface area contributed by atoms with E-state index in [1.165, 1.54) is 0 Å². The fourth-order valence-electron chi connectivity index (χ4n) is 3.08. The van der Waals surface area contributed by atoms with Crippen molar-refractivity contribution in [2.45, 2.75) is 46.5 Å².